The molecule has 0 fully saturated rings. The van der Waals surface area contributed by atoms with E-state index in [9.17, 15) is 28.1 Å². The second-order valence-electron chi connectivity index (χ2n) is 4.63. The van der Waals surface area contributed by atoms with Gasteiger partial charge in [0, 0.05) is 6.07 Å². The second kappa shape index (κ2) is 6.98. The Morgan fingerprint density at radius 1 is 1.46 bits per heavy atom. The molecule has 0 unspecified atom stereocenters. The number of ether oxygens (including phenoxy) is 1. The summed E-state index contributed by atoms with van der Waals surface area (Å²) in [5.74, 6) is -2.58. The summed E-state index contributed by atoms with van der Waals surface area (Å²) in [6, 6.07) is 3.83. The van der Waals surface area contributed by atoms with Crippen molar-refractivity contribution in [2.24, 2.45) is 0 Å². The van der Waals surface area contributed by atoms with E-state index in [0.29, 0.717) is 11.8 Å². The summed E-state index contributed by atoms with van der Waals surface area (Å²) >= 11 is 0. The number of nitrogens with one attached hydrogen (secondary N) is 1. The molecule has 0 saturated heterocycles. The first-order valence-corrected chi connectivity index (χ1v) is 6.49. The summed E-state index contributed by atoms with van der Waals surface area (Å²) in [6.45, 7) is -2.23. The van der Waals surface area contributed by atoms with Gasteiger partial charge < -0.3 is 20.2 Å². The van der Waals surface area contributed by atoms with E-state index < -0.39 is 41.4 Å². The van der Waals surface area contributed by atoms with Crippen molar-refractivity contribution in [3.05, 3.63) is 45.9 Å². The van der Waals surface area contributed by atoms with Gasteiger partial charge in [-0.05, 0) is 24.0 Å². The molecule has 0 spiro atoms. The van der Waals surface area contributed by atoms with Crippen LogP contribution in [0, 0.1) is 22.9 Å². The van der Waals surface area contributed by atoms with Crippen LogP contribution >= 0.6 is 0 Å². The summed E-state index contributed by atoms with van der Waals surface area (Å²) in [5.41, 5.74) is 0.131. The van der Waals surface area contributed by atoms with Crippen LogP contribution in [0.5, 0.6) is 5.75 Å². The Bertz CT molecular complexity index is 779. The van der Waals surface area contributed by atoms with Gasteiger partial charge in [-0.3, -0.25) is 4.79 Å². The summed E-state index contributed by atoms with van der Waals surface area (Å²) < 4.78 is 42.7. The quantitative estimate of drug-likeness (QED) is 0.641. The molecule has 24 heavy (non-hydrogen) atoms. The van der Waals surface area contributed by atoms with Gasteiger partial charge in [-0.2, -0.15) is 8.78 Å². The molecular formula is C13H11F3N4O4. The molecule has 8 nitrogen and oxygen atoms in total. The monoisotopic (exact) mass is 344 g/mol. The number of hydrogen-bond acceptors (Lipinski definition) is 5. The molecule has 0 radical (unpaired) electrons. The summed E-state index contributed by atoms with van der Waals surface area (Å²) in [4.78, 5) is 22.1. The van der Waals surface area contributed by atoms with Crippen molar-refractivity contribution in [3.8, 4) is 5.75 Å². The fourth-order valence-electron chi connectivity index (χ4n) is 1.91. The first kappa shape index (κ1) is 17.2. The lowest BCUT2D eigenvalue weighted by Gasteiger charge is -2.11. The molecule has 1 N–H and O–H groups in total. The third-order valence-corrected chi connectivity index (χ3v) is 2.80. The van der Waals surface area contributed by atoms with Gasteiger partial charge in [0.15, 0.2) is 12.3 Å². The number of nitro groups is 1. The zero-order valence-corrected chi connectivity index (χ0v) is 12.2. The Kier molecular flexibility index (Phi) is 5.02. The van der Waals surface area contributed by atoms with Crippen molar-refractivity contribution in [3.63, 3.8) is 0 Å². The van der Waals surface area contributed by atoms with Crippen LogP contribution in [0.4, 0.5) is 24.7 Å². The number of hydrogen-bond donors (Lipinski definition) is 1. The Morgan fingerprint density at radius 3 is 2.79 bits per heavy atom. The van der Waals surface area contributed by atoms with E-state index in [0.717, 1.165) is 16.8 Å². The molecule has 1 aromatic heterocycles. The number of carbonyl (C=O) groups excluding carboxylic acids is 1. The predicted molar refractivity (Wildman–Crippen MR) is 75.3 cm³/mol. The third kappa shape index (κ3) is 4.21. The first-order chi connectivity index (χ1) is 11.3. The molecule has 0 aliphatic heterocycles. The Hall–Kier alpha value is -3.11. The van der Waals surface area contributed by atoms with Crippen LogP contribution in [-0.2, 0) is 11.3 Å². The maximum absolute atomic E-state index is 13.1. The molecule has 11 heteroatoms. The zero-order valence-electron chi connectivity index (χ0n) is 12.2. The van der Waals surface area contributed by atoms with Crippen LogP contribution in [0.3, 0.4) is 0 Å². The molecule has 0 bridgehead atoms. The normalized spacial score (nSPS) is 10.7. The molecule has 128 valence electrons. The third-order valence-electron chi connectivity index (χ3n) is 2.80. The fourth-order valence-corrected chi connectivity index (χ4v) is 1.91. The maximum atomic E-state index is 13.1. The van der Waals surface area contributed by atoms with E-state index in [1.54, 1.807) is 0 Å². The SMILES string of the molecule is Cc1cc([N+](=O)[O-])n(CC(=O)Nc2ccc(F)cc2OC(F)F)n1. The predicted octanol–water partition coefficient (Wildman–Crippen LogP) is 2.48. The van der Waals surface area contributed by atoms with Crippen molar-refractivity contribution in [2.75, 3.05) is 5.32 Å². The highest BCUT2D eigenvalue weighted by Crippen LogP contribution is 2.27. The molecule has 2 aromatic rings. The Labute approximate surface area is 133 Å². The largest absolute Gasteiger partial charge is 0.432 e. The van der Waals surface area contributed by atoms with Crippen LogP contribution in [0.1, 0.15) is 5.69 Å². The molecule has 0 aliphatic carbocycles. The molecular weight excluding hydrogens is 333 g/mol. The van der Waals surface area contributed by atoms with Crippen molar-refractivity contribution >= 4 is 17.4 Å². The van der Waals surface area contributed by atoms with E-state index >= 15 is 0 Å². The number of anilines is 1. The van der Waals surface area contributed by atoms with Crippen LogP contribution < -0.4 is 10.1 Å². The van der Waals surface area contributed by atoms with Gasteiger partial charge in [-0.1, -0.05) is 5.10 Å². The van der Waals surface area contributed by atoms with E-state index in [1.165, 1.54) is 13.0 Å². The lowest BCUT2D eigenvalue weighted by atomic mass is 10.3. The summed E-state index contributed by atoms with van der Waals surface area (Å²) in [7, 11) is 0. The van der Waals surface area contributed by atoms with Crippen molar-refractivity contribution in [2.45, 2.75) is 20.1 Å². The van der Waals surface area contributed by atoms with Crippen LogP contribution in [0.25, 0.3) is 0 Å². The number of amides is 1. The molecule has 1 aromatic carbocycles. The number of aromatic nitrogens is 2. The molecule has 2 rings (SSSR count). The molecule has 0 aliphatic rings. The minimum atomic E-state index is -3.21. The molecule has 1 heterocycles. The van der Waals surface area contributed by atoms with Gasteiger partial charge in [0.1, 0.15) is 5.82 Å². The summed E-state index contributed by atoms with van der Waals surface area (Å²) in [5, 5.41) is 16.9. The number of aryl methyl sites for hydroxylation is 1. The lowest BCUT2D eigenvalue weighted by Crippen LogP contribution is -2.21. The standard InChI is InChI=1S/C13H11F3N4O4/c1-7-4-12(20(22)23)19(18-7)6-11(21)17-9-3-2-8(14)5-10(9)24-13(15)16/h2-5,13H,6H2,1H3,(H,17,21). The van der Waals surface area contributed by atoms with E-state index in [-0.39, 0.29) is 5.69 Å². The van der Waals surface area contributed by atoms with Crippen LogP contribution in [0.15, 0.2) is 24.3 Å². The lowest BCUT2D eigenvalue weighted by molar-refractivity contribution is -0.392. The number of carbonyl (C=O) groups is 1. The van der Waals surface area contributed by atoms with Gasteiger partial charge in [0.25, 0.3) is 5.91 Å². The Morgan fingerprint density at radius 2 is 2.17 bits per heavy atom. The average molecular weight is 344 g/mol. The smallest absolute Gasteiger partial charge is 0.387 e. The minimum absolute atomic E-state index is 0.201. The van der Waals surface area contributed by atoms with Crippen LogP contribution in [0.2, 0.25) is 0 Å². The van der Waals surface area contributed by atoms with Crippen molar-refractivity contribution in [1.29, 1.82) is 0 Å². The summed E-state index contributed by atoms with van der Waals surface area (Å²) in [6.07, 6.45) is 0. The van der Waals surface area contributed by atoms with Gasteiger partial charge in [-0.15, -0.1) is 4.68 Å². The van der Waals surface area contributed by atoms with Gasteiger partial charge in [-0.25, -0.2) is 4.39 Å². The molecule has 1 amide bonds. The molecule has 0 atom stereocenters. The first-order valence-electron chi connectivity index (χ1n) is 6.49. The zero-order chi connectivity index (χ0) is 17.9. The molecule has 0 saturated carbocycles. The van der Waals surface area contributed by atoms with E-state index in [4.69, 9.17) is 0 Å². The topological polar surface area (TPSA) is 99.3 Å². The number of benzene rings is 1. The van der Waals surface area contributed by atoms with Crippen molar-refractivity contribution < 1.29 is 27.6 Å². The van der Waals surface area contributed by atoms with Gasteiger partial charge in [0.2, 0.25) is 0 Å². The Balaban J connectivity index is 2.17. The van der Waals surface area contributed by atoms with Gasteiger partial charge in [0.05, 0.1) is 17.4 Å². The highest BCUT2D eigenvalue weighted by molar-refractivity contribution is 5.92. The van der Waals surface area contributed by atoms with Crippen molar-refractivity contribution in [1.82, 2.24) is 9.78 Å². The van der Waals surface area contributed by atoms with E-state index in [1.807, 2.05) is 0 Å². The highest BCUT2D eigenvalue weighted by Gasteiger charge is 2.20. The highest BCUT2D eigenvalue weighted by atomic mass is 19.3. The maximum Gasteiger partial charge on any atom is 0.387 e. The fraction of sp³-hybridized carbons (Fsp3) is 0.231. The number of nitrogens with zero attached hydrogens (tertiary/aromatic N) is 3. The van der Waals surface area contributed by atoms with E-state index in [2.05, 4.69) is 15.2 Å². The second-order valence-corrected chi connectivity index (χ2v) is 4.63. The number of alkyl halides is 2. The number of rotatable bonds is 6. The van der Waals surface area contributed by atoms with Gasteiger partial charge >= 0.3 is 12.4 Å². The number of halogens is 3. The minimum Gasteiger partial charge on any atom is -0.432 e. The van der Waals surface area contributed by atoms with Crippen LogP contribution in [-0.4, -0.2) is 27.2 Å². The average Bonchev–Trinajstić information content (AvgIpc) is 2.82.